The highest BCUT2D eigenvalue weighted by molar-refractivity contribution is 7.19. The van der Waals surface area contributed by atoms with Crippen molar-refractivity contribution < 1.29 is 4.79 Å². The van der Waals surface area contributed by atoms with Crippen LogP contribution in [0.4, 0.5) is 5.69 Å². The smallest absolute Gasteiger partial charge is 0.324 e. The molecule has 1 aliphatic carbocycles. The van der Waals surface area contributed by atoms with Crippen molar-refractivity contribution in [1.82, 2.24) is 19.2 Å². The van der Waals surface area contributed by atoms with Crippen LogP contribution in [0.1, 0.15) is 40.5 Å². The van der Waals surface area contributed by atoms with Crippen LogP contribution in [-0.4, -0.2) is 25.1 Å². The second kappa shape index (κ2) is 7.30. The summed E-state index contributed by atoms with van der Waals surface area (Å²) in [5.74, 6) is 0.389. The van der Waals surface area contributed by atoms with Crippen LogP contribution in [0.25, 0.3) is 15.9 Å². The van der Waals surface area contributed by atoms with Gasteiger partial charge in [-0.2, -0.15) is 0 Å². The van der Waals surface area contributed by atoms with Crippen molar-refractivity contribution in [2.45, 2.75) is 53.5 Å². The number of fused-ring (bicyclic) bond motifs is 5. The molecule has 0 spiro atoms. The molecule has 8 heteroatoms. The van der Waals surface area contributed by atoms with E-state index in [2.05, 4.69) is 22.3 Å². The summed E-state index contributed by atoms with van der Waals surface area (Å²) in [7, 11) is 0. The van der Waals surface area contributed by atoms with Gasteiger partial charge in [-0.15, -0.1) is 16.4 Å². The average Bonchev–Trinajstić information content (AvgIpc) is 3.21. The lowest BCUT2D eigenvalue weighted by atomic mass is 9.89. The van der Waals surface area contributed by atoms with E-state index in [1.165, 1.54) is 25.9 Å². The van der Waals surface area contributed by atoms with Gasteiger partial charge >= 0.3 is 5.69 Å². The fourth-order valence-electron chi connectivity index (χ4n) is 4.66. The number of thiophene rings is 1. The molecule has 0 fully saturated rings. The molecule has 0 bridgehead atoms. The van der Waals surface area contributed by atoms with Crippen LogP contribution in [0.15, 0.2) is 23.3 Å². The molecule has 5 rings (SSSR count). The molecule has 3 heterocycles. The molecule has 31 heavy (non-hydrogen) atoms. The molecule has 7 nitrogen and oxygen atoms in total. The highest BCUT2D eigenvalue weighted by atomic mass is 32.1. The number of hydrogen-bond acceptors (Lipinski definition) is 5. The summed E-state index contributed by atoms with van der Waals surface area (Å²) in [4.78, 5) is 32.5. The van der Waals surface area contributed by atoms with Gasteiger partial charge in [0.1, 0.15) is 17.7 Å². The first-order valence-electron chi connectivity index (χ1n) is 10.6. The fourth-order valence-corrected chi connectivity index (χ4v) is 6.00. The Hall–Kier alpha value is -3.00. The topological polar surface area (TPSA) is 81.3 Å². The van der Waals surface area contributed by atoms with Gasteiger partial charge in [0.15, 0.2) is 5.65 Å². The maximum Gasteiger partial charge on any atom is 0.352 e. The number of aromatic nitrogens is 4. The number of amides is 1. The van der Waals surface area contributed by atoms with Crippen molar-refractivity contribution in [3.63, 3.8) is 0 Å². The Morgan fingerprint density at radius 1 is 1.26 bits per heavy atom. The summed E-state index contributed by atoms with van der Waals surface area (Å²) in [5.41, 5.74) is 5.45. The van der Waals surface area contributed by atoms with E-state index in [0.717, 1.165) is 51.9 Å². The van der Waals surface area contributed by atoms with E-state index in [0.29, 0.717) is 11.6 Å². The molecule has 1 N–H and O–H groups in total. The first-order valence-corrected chi connectivity index (χ1v) is 11.4. The SMILES string of the molecule is Cc1cc(C)c(NC(=O)Cn2nc3c4c5c(sc4ncn3c2=O)C[C@@H](C)CC5)c(C)c1. The van der Waals surface area contributed by atoms with Crippen LogP contribution in [0.2, 0.25) is 0 Å². The second-order valence-electron chi connectivity index (χ2n) is 8.73. The minimum absolute atomic E-state index is 0.141. The van der Waals surface area contributed by atoms with Gasteiger partial charge in [-0.05, 0) is 62.6 Å². The summed E-state index contributed by atoms with van der Waals surface area (Å²) < 4.78 is 2.70. The molecule has 0 saturated carbocycles. The fraction of sp³-hybridized carbons (Fsp3) is 0.391. The van der Waals surface area contributed by atoms with Crippen LogP contribution < -0.4 is 11.0 Å². The lowest BCUT2D eigenvalue weighted by molar-refractivity contribution is -0.117. The van der Waals surface area contributed by atoms with Crippen LogP contribution in [0.5, 0.6) is 0 Å². The van der Waals surface area contributed by atoms with Crippen LogP contribution in [0, 0.1) is 26.7 Å². The Morgan fingerprint density at radius 3 is 2.74 bits per heavy atom. The van der Waals surface area contributed by atoms with Gasteiger partial charge in [-0.1, -0.05) is 24.6 Å². The van der Waals surface area contributed by atoms with Gasteiger partial charge in [-0.3, -0.25) is 4.79 Å². The molecular weight excluding hydrogens is 410 g/mol. The highest BCUT2D eigenvalue weighted by Crippen LogP contribution is 2.38. The molecule has 3 aromatic heterocycles. The van der Waals surface area contributed by atoms with Gasteiger partial charge in [0, 0.05) is 10.6 Å². The minimum atomic E-state index is -0.346. The zero-order chi connectivity index (χ0) is 21.9. The van der Waals surface area contributed by atoms with E-state index in [-0.39, 0.29) is 18.1 Å². The maximum absolute atomic E-state index is 12.9. The molecule has 1 atom stereocenters. The Balaban J connectivity index is 1.51. The van der Waals surface area contributed by atoms with E-state index >= 15 is 0 Å². The van der Waals surface area contributed by atoms with Crippen LogP contribution >= 0.6 is 11.3 Å². The molecule has 160 valence electrons. The van der Waals surface area contributed by atoms with E-state index in [1.807, 2.05) is 32.9 Å². The summed E-state index contributed by atoms with van der Waals surface area (Å²) in [6.07, 6.45) is 4.68. The summed E-state index contributed by atoms with van der Waals surface area (Å²) in [5, 5.41) is 8.47. The Labute approximate surface area is 183 Å². The molecule has 0 aliphatic heterocycles. The van der Waals surface area contributed by atoms with Crippen LogP contribution in [0.3, 0.4) is 0 Å². The highest BCUT2D eigenvalue weighted by Gasteiger charge is 2.24. The summed E-state index contributed by atoms with van der Waals surface area (Å²) in [6, 6.07) is 4.06. The number of benzene rings is 1. The number of anilines is 1. The lowest BCUT2D eigenvalue weighted by Crippen LogP contribution is -2.28. The number of carbonyl (C=O) groups excluding carboxylic acids is 1. The molecule has 4 aromatic rings. The number of rotatable bonds is 3. The normalized spacial score (nSPS) is 16.1. The van der Waals surface area contributed by atoms with Crippen molar-refractivity contribution in [1.29, 1.82) is 0 Å². The van der Waals surface area contributed by atoms with Gasteiger partial charge in [0.25, 0.3) is 0 Å². The first-order chi connectivity index (χ1) is 14.8. The monoisotopic (exact) mass is 435 g/mol. The standard InChI is InChI=1S/C23H25N5O2S/c1-12-5-6-16-17(9-12)31-22-19(16)21-26-28(23(30)27(21)11-24-22)10-18(29)25-20-14(3)7-13(2)8-15(20)4/h7-8,11-12H,5-6,9-10H2,1-4H3,(H,25,29)/t12-/m0/s1. The van der Waals surface area contributed by atoms with Crippen molar-refractivity contribution in [2.24, 2.45) is 5.92 Å². The number of carbonyl (C=O) groups is 1. The van der Waals surface area contributed by atoms with E-state index in [4.69, 9.17) is 0 Å². The largest absolute Gasteiger partial charge is 0.352 e. The molecule has 1 aliphatic rings. The van der Waals surface area contributed by atoms with Gasteiger partial charge in [-0.25, -0.2) is 18.9 Å². The first kappa shape index (κ1) is 19.9. The molecule has 1 aromatic carbocycles. The third-order valence-corrected chi connectivity index (χ3v) is 7.27. The Morgan fingerprint density at radius 2 is 2.00 bits per heavy atom. The Kier molecular flexibility index (Phi) is 4.69. The average molecular weight is 436 g/mol. The third-order valence-electron chi connectivity index (χ3n) is 6.11. The maximum atomic E-state index is 12.9. The van der Waals surface area contributed by atoms with Crippen molar-refractivity contribution in [3.05, 3.63) is 56.1 Å². The molecule has 0 unspecified atom stereocenters. The summed E-state index contributed by atoms with van der Waals surface area (Å²) >= 11 is 1.70. The van der Waals surface area contributed by atoms with Crippen molar-refractivity contribution >= 4 is 38.8 Å². The van der Waals surface area contributed by atoms with Crippen LogP contribution in [-0.2, 0) is 24.2 Å². The molecule has 0 radical (unpaired) electrons. The molecule has 1 amide bonds. The lowest BCUT2D eigenvalue weighted by Gasteiger charge is -2.17. The van der Waals surface area contributed by atoms with Gasteiger partial charge < -0.3 is 5.32 Å². The summed E-state index contributed by atoms with van der Waals surface area (Å²) in [6.45, 7) is 8.09. The van der Waals surface area contributed by atoms with E-state index in [1.54, 1.807) is 11.3 Å². The second-order valence-corrected chi connectivity index (χ2v) is 9.82. The predicted molar refractivity (Wildman–Crippen MR) is 123 cm³/mol. The zero-order valence-corrected chi connectivity index (χ0v) is 19.0. The minimum Gasteiger partial charge on any atom is -0.324 e. The molecular formula is C23H25N5O2S. The van der Waals surface area contributed by atoms with Crippen molar-refractivity contribution in [3.8, 4) is 0 Å². The number of hydrogen-bond donors (Lipinski definition) is 1. The van der Waals surface area contributed by atoms with E-state index in [9.17, 15) is 9.59 Å². The number of nitrogens with zero attached hydrogens (tertiary/aromatic N) is 4. The van der Waals surface area contributed by atoms with Crippen molar-refractivity contribution in [2.75, 3.05) is 5.32 Å². The quantitative estimate of drug-likeness (QED) is 0.531. The number of aryl methyl sites for hydroxylation is 4. The van der Waals surface area contributed by atoms with Gasteiger partial charge in [0.05, 0.1) is 5.39 Å². The third kappa shape index (κ3) is 3.35. The predicted octanol–water partition coefficient (Wildman–Crippen LogP) is 3.79. The molecule has 0 saturated heterocycles. The zero-order valence-electron chi connectivity index (χ0n) is 18.2. The number of nitrogens with one attached hydrogen (secondary N) is 1. The van der Waals surface area contributed by atoms with Gasteiger partial charge in [0.2, 0.25) is 5.91 Å². The van der Waals surface area contributed by atoms with E-state index < -0.39 is 0 Å². The Bertz CT molecular complexity index is 1390.